The molecule has 2 rings (SSSR count). The van der Waals surface area contributed by atoms with E-state index in [1.807, 2.05) is 26.8 Å². The van der Waals surface area contributed by atoms with Gasteiger partial charge < -0.3 is 9.29 Å². The van der Waals surface area contributed by atoms with Crippen LogP contribution in [0.15, 0.2) is 35.3 Å². The molecule has 2 atom stereocenters. The lowest BCUT2D eigenvalue weighted by molar-refractivity contribution is 0.0851. The Kier molecular flexibility index (Phi) is 7.38. The average molecular weight is 414 g/mol. The minimum absolute atomic E-state index is 0.00194. The third-order valence-electron chi connectivity index (χ3n) is 4.29. The van der Waals surface area contributed by atoms with Gasteiger partial charge in [-0.1, -0.05) is 28.1 Å². The molecule has 0 spiro atoms. The number of rotatable bonds is 6. The van der Waals surface area contributed by atoms with Crippen LogP contribution in [0.5, 0.6) is 0 Å². The second-order valence-corrected chi connectivity index (χ2v) is 10.1. The van der Waals surface area contributed by atoms with Crippen molar-refractivity contribution in [1.82, 2.24) is 4.72 Å². The van der Waals surface area contributed by atoms with E-state index < -0.39 is 11.4 Å². The van der Waals surface area contributed by atoms with Crippen molar-refractivity contribution >= 4 is 27.3 Å². The standard InChI is InChI=1S/C19H28BrNO2S/c1-5-6-18(21-24(22)19(2,3)4)17-13-15(20)7-8-16(17)14-9-11-23-12-10-14/h5,7-8,13-14,18,21H,1,6,9-12H2,2-4H3. The fourth-order valence-electron chi connectivity index (χ4n) is 2.94. The highest BCUT2D eigenvalue weighted by atomic mass is 79.9. The fourth-order valence-corrected chi connectivity index (χ4v) is 4.15. The second-order valence-electron chi connectivity index (χ2n) is 7.24. The molecule has 1 aromatic rings. The van der Waals surface area contributed by atoms with Crippen molar-refractivity contribution in [1.29, 1.82) is 0 Å². The summed E-state index contributed by atoms with van der Waals surface area (Å²) in [7, 11) is 0. The molecule has 0 saturated carbocycles. The van der Waals surface area contributed by atoms with Gasteiger partial charge in [-0.25, -0.2) is 0 Å². The largest absolute Gasteiger partial charge is 0.598 e. The normalized spacial score (nSPS) is 19.0. The number of hydrogen-bond donors (Lipinski definition) is 1. The summed E-state index contributed by atoms with van der Waals surface area (Å²) in [6.45, 7) is 11.5. The Hall–Kier alpha value is -0.330. The van der Waals surface area contributed by atoms with Gasteiger partial charge >= 0.3 is 0 Å². The summed E-state index contributed by atoms with van der Waals surface area (Å²) in [5, 5.41) is 0. The molecule has 1 aliphatic rings. The molecule has 1 N–H and O–H groups in total. The van der Waals surface area contributed by atoms with Crippen LogP contribution >= 0.6 is 15.9 Å². The first-order chi connectivity index (χ1) is 11.3. The van der Waals surface area contributed by atoms with Gasteiger partial charge in [0.05, 0.1) is 6.04 Å². The van der Waals surface area contributed by atoms with E-state index in [-0.39, 0.29) is 10.8 Å². The van der Waals surface area contributed by atoms with Crippen molar-refractivity contribution in [3.05, 3.63) is 46.5 Å². The number of ether oxygens (including phenoxy) is 1. The summed E-state index contributed by atoms with van der Waals surface area (Å²) in [4.78, 5) is 0. The predicted molar refractivity (Wildman–Crippen MR) is 106 cm³/mol. The lowest BCUT2D eigenvalue weighted by atomic mass is 9.85. The third kappa shape index (κ3) is 5.33. The van der Waals surface area contributed by atoms with E-state index in [1.54, 1.807) is 0 Å². The van der Waals surface area contributed by atoms with Crippen LogP contribution in [0.2, 0.25) is 0 Å². The van der Waals surface area contributed by atoms with E-state index in [2.05, 4.69) is 45.4 Å². The summed E-state index contributed by atoms with van der Waals surface area (Å²) in [6.07, 6.45) is 4.72. The van der Waals surface area contributed by atoms with Gasteiger partial charge in [-0.2, -0.15) is 0 Å². The molecule has 2 unspecified atom stereocenters. The van der Waals surface area contributed by atoms with Gasteiger partial charge in [0.2, 0.25) is 0 Å². The van der Waals surface area contributed by atoms with Crippen molar-refractivity contribution in [2.24, 2.45) is 0 Å². The van der Waals surface area contributed by atoms with Gasteiger partial charge in [-0.15, -0.1) is 11.3 Å². The van der Waals surface area contributed by atoms with E-state index in [9.17, 15) is 4.55 Å². The summed E-state index contributed by atoms with van der Waals surface area (Å²) in [5.41, 5.74) is 2.56. The van der Waals surface area contributed by atoms with E-state index in [0.29, 0.717) is 5.92 Å². The fraction of sp³-hybridized carbons (Fsp3) is 0.579. The Balaban J connectivity index is 2.33. The number of hydrogen-bond acceptors (Lipinski definition) is 3. The van der Waals surface area contributed by atoms with Crippen molar-refractivity contribution in [3.63, 3.8) is 0 Å². The predicted octanol–water partition coefficient (Wildman–Crippen LogP) is 5.01. The van der Waals surface area contributed by atoms with Crippen molar-refractivity contribution in [2.45, 2.75) is 56.7 Å². The molecule has 1 saturated heterocycles. The quantitative estimate of drug-likeness (QED) is 0.526. The molecule has 0 aromatic heterocycles. The van der Waals surface area contributed by atoms with E-state index in [0.717, 1.165) is 36.9 Å². The summed E-state index contributed by atoms with van der Waals surface area (Å²) >= 11 is 2.46. The van der Waals surface area contributed by atoms with E-state index in [4.69, 9.17) is 4.74 Å². The zero-order valence-corrected chi connectivity index (χ0v) is 17.2. The topological polar surface area (TPSA) is 44.3 Å². The maximum Gasteiger partial charge on any atom is 0.136 e. The lowest BCUT2D eigenvalue weighted by Gasteiger charge is -2.31. The van der Waals surface area contributed by atoms with Gasteiger partial charge in [-0.3, -0.25) is 0 Å². The smallest absolute Gasteiger partial charge is 0.136 e. The molecule has 24 heavy (non-hydrogen) atoms. The molecule has 3 nitrogen and oxygen atoms in total. The van der Waals surface area contributed by atoms with Crippen LogP contribution in [-0.4, -0.2) is 22.5 Å². The molecule has 5 heteroatoms. The second kappa shape index (κ2) is 8.86. The molecule has 1 heterocycles. The van der Waals surface area contributed by atoms with Crippen LogP contribution in [0, 0.1) is 0 Å². The molecule has 1 aromatic carbocycles. The van der Waals surface area contributed by atoms with Gasteiger partial charge in [-0.05, 0) is 69.2 Å². The highest BCUT2D eigenvalue weighted by molar-refractivity contribution is 9.10. The number of benzene rings is 1. The van der Waals surface area contributed by atoms with Crippen LogP contribution in [0.4, 0.5) is 0 Å². The summed E-state index contributed by atoms with van der Waals surface area (Å²) in [5.74, 6) is 0.499. The van der Waals surface area contributed by atoms with Crippen LogP contribution in [0.1, 0.15) is 63.1 Å². The Morgan fingerprint density at radius 1 is 1.42 bits per heavy atom. The number of nitrogens with one attached hydrogen (secondary N) is 1. The Morgan fingerprint density at radius 2 is 2.08 bits per heavy atom. The maximum absolute atomic E-state index is 12.6. The van der Waals surface area contributed by atoms with Crippen LogP contribution in [0.3, 0.4) is 0 Å². The Labute approximate surface area is 157 Å². The number of halogens is 1. The minimum atomic E-state index is -1.13. The zero-order chi connectivity index (χ0) is 17.7. The molecule has 0 amide bonds. The molecule has 134 valence electrons. The van der Waals surface area contributed by atoms with E-state index >= 15 is 0 Å². The monoisotopic (exact) mass is 413 g/mol. The molecule has 0 bridgehead atoms. The van der Waals surface area contributed by atoms with Gasteiger partial charge in [0.15, 0.2) is 0 Å². The van der Waals surface area contributed by atoms with Crippen molar-refractivity contribution < 1.29 is 9.29 Å². The van der Waals surface area contributed by atoms with E-state index in [1.165, 1.54) is 11.1 Å². The molecular formula is C19H28BrNO2S. The third-order valence-corrected chi connectivity index (χ3v) is 6.40. The first kappa shape index (κ1) is 20.0. The molecule has 1 fully saturated rings. The highest BCUT2D eigenvalue weighted by Gasteiger charge is 2.31. The van der Waals surface area contributed by atoms with Gasteiger partial charge in [0.1, 0.15) is 4.75 Å². The Morgan fingerprint density at radius 3 is 2.67 bits per heavy atom. The zero-order valence-electron chi connectivity index (χ0n) is 14.8. The lowest BCUT2D eigenvalue weighted by Crippen LogP contribution is -2.41. The minimum Gasteiger partial charge on any atom is -0.598 e. The van der Waals surface area contributed by atoms with Crippen LogP contribution in [-0.2, 0) is 16.1 Å². The highest BCUT2D eigenvalue weighted by Crippen LogP contribution is 2.36. The Bertz CT molecular complexity index is 553. The summed E-state index contributed by atoms with van der Waals surface area (Å²) < 4.78 is 22.2. The first-order valence-corrected chi connectivity index (χ1v) is 10.4. The van der Waals surface area contributed by atoms with Crippen molar-refractivity contribution in [3.8, 4) is 0 Å². The molecular weight excluding hydrogens is 386 g/mol. The molecule has 0 aliphatic carbocycles. The summed E-state index contributed by atoms with van der Waals surface area (Å²) in [6, 6.07) is 6.46. The van der Waals surface area contributed by atoms with Gasteiger partial charge in [0, 0.05) is 29.0 Å². The SMILES string of the molecule is C=CCC(N[S+]([O-])C(C)(C)C)c1cc(Br)ccc1C1CCOCC1. The maximum atomic E-state index is 12.6. The molecule has 0 radical (unpaired) electrons. The van der Waals surface area contributed by atoms with Crippen molar-refractivity contribution in [2.75, 3.05) is 13.2 Å². The molecule has 1 aliphatic heterocycles. The van der Waals surface area contributed by atoms with Gasteiger partial charge in [0.25, 0.3) is 0 Å². The average Bonchev–Trinajstić information content (AvgIpc) is 2.54. The van der Waals surface area contributed by atoms with Crippen LogP contribution in [0.25, 0.3) is 0 Å². The van der Waals surface area contributed by atoms with Crippen LogP contribution < -0.4 is 4.72 Å². The first-order valence-electron chi connectivity index (χ1n) is 8.49.